The molecular formula is C21H22N2O2S. The van der Waals surface area contributed by atoms with Gasteiger partial charge in [-0.3, -0.25) is 9.59 Å². The minimum atomic E-state index is -0.402. The molecule has 1 N–H and O–H groups in total. The molecule has 0 radical (unpaired) electrons. The van der Waals surface area contributed by atoms with Crippen molar-refractivity contribution in [2.75, 3.05) is 5.75 Å². The van der Waals surface area contributed by atoms with Crippen molar-refractivity contribution in [2.45, 2.75) is 37.2 Å². The lowest BCUT2D eigenvalue weighted by atomic mass is 10.0. The Hall–Kier alpha value is -2.27. The van der Waals surface area contributed by atoms with E-state index in [1.165, 1.54) is 5.56 Å². The van der Waals surface area contributed by atoms with E-state index in [2.05, 4.69) is 17.4 Å². The van der Waals surface area contributed by atoms with Gasteiger partial charge in [-0.2, -0.15) is 0 Å². The largest absolute Gasteiger partial charge is 0.350 e. The van der Waals surface area contributed by atoms with Crippen LogP contribution >= 0.6 is 11.8 Å². The van der Waals surface area contributed by atoms with Crippen molar-refractivity contribution in [3.63, 3.8) is 0 Å². The average molecular weight is 366 g/mol. The van der Waals surface area contributed by atoms with E-state index in [1.807, 2.05) is 54.3 Å². The van der Waals surface area contributed by atoms with Gasteiger partial charge in [0.15, 0.2) is 0 Å². The van der Waals surface area contributed by atoms with Crippen LogP contribution in [0.25, 0.3) is 0 Å². The Morgan fingerprint density at radius 1 is 1.19 bits per heavy atom. The molecule has 2 heterocycles. The van der Waals surface area contributed by atoms with Crippen LogP contribution in [0.2, 0.25) is 0 Å². The van der Waals surface area contributed by atoms with Gasteiger partial charge in [0.25, 0.3) is 0 Å². The smallest absolute Gasteiger partial charge is 0.244 e. The Bertz CT molecular complexity index is 822. The maximum Gasteiger partial charge on any atom is 0.244 e. The van der Waals surface area contributed by atoms with Gasteiger partial charge in [-0.25, -0.2) is 0 Å². The van der Waals surface area contributed by atoms with Crippen molar-refractivity contribution < 1.29 is 9.59 Å². The molecule has 26 heavy (non-hydrogen) atoms. The number of carbonyl (C=O) groups is 2. The molecule has 5 heteroatoms. The third-order valence-electron chi connectivity index (χ3n) is 5.24. The highest BCUT2D eigenvalue weighted by Gasteiger charge is 2.56. The van der Waals surface area contributed by atoms with E-state index in [0.29, 0.717) is 18.7 Å². The zero-order valence-corrected chi connectivity index (χ0v) is 15.6. The fourth-order valence-corrected chi connectivity index (χ4v) is 5.50. The van der Waals surface area contributed by atoms with Crippen LogP contribution in [0, 0.1) is 6.92 Å². The van der Waals surface area contributed by atoms with Crippen molar-refractivity contribution in [2.24, 2.45) is 0 Å². The third kappa shape index (κ3) is 2.90. The second kappa shape index (κ2) is 6.80. The number of nitrogens with one attached hydrogen (secondary N) is 1. The summed E-state index contributed by atoms with van der Waals surface area (Å²) in [4.78, 5) is 26.9. The number of aryl methyl sites for hydroxylation is 1. The van der Waals surface area contributed by atoms with Gasteiger partial charge in [-0.05, 0) is 24.5 Å². The molecule has 4 rings (SSSR count). The molecule has 0 aliphatic carbocycles. The molecule has 2 saturated heterocycles. The van der Waals surface area contributed by atoms with E-state index < -0.39 is 6.04 Å². The summed E-state index contributed by atoms with van der Waals surface area (Å²) in [6, 6.07) is 17.8. The predicted molar refractivity (Wildman–Crippen MR) is 103 cm³/mol. The van der Waals surface area contributed by atoms with Gasteiger partial charge in [-0.15, -0.1) is 11.8 Å². The molecule has 2 aliphatic rings. The van der Waals surface area contributed by atoms with E-state index in [-0.39, 0.29) is 16.7 Å². The molecule has 2 aromatic rings. The number of benzene rings is 2. The first-order valence-corrected chi connectivity index (χ1v) is 9.94. The first-order chi connectivity index (χ1) is 12.6. The maximum absolute atomic E-state index is 12.8. The molecule has 4 nitrogen and oxygen atoms in total. The second-order valence-electron chi connectivity index (χ2n) is 6.94. The highest BCUT2D eigenvalue weighted by molar-refractivity contribution is 8.00. The quantitative estimate of drug-likeness (QED) is 0.904. The minimum absolute atomic E-state index is 0.0638. The van der Waals surface area contributed by atoms with Gasteiger partial charge in [0, 0.05) is 18.7 Å². The fourth-order valence-electron chi connectivity index (χ4n) is 3.85. The number of hydrogen-bond acceptors (Lipinski definition) is 3. The van der Waals surface area contributed by atoms with E-state index in [1.54, 1.807) is 11.8 Å². The van der Waals surface area contributed by atoms with Crippen molar-refractivity contribution >= 4 is 23.6 Å². The van der Waals surface area contributed by atoms with Crippen LogP contribution in [-0.4, -0.2) is 28.5 Å². The minimum Gasteiger partial charge on any atom is -0.350 e. The Morgan fingerprint density at radius 2 is 1.92 bits per heavy atom. The van der Waals surface area contributed by atoms with E-state index >= 15 is 0 Å². The lowest BCUT2D eigenvalue weighted by Crippen LogP contribution is -2.49. The number of amides is 2. The lowest BCUT2D eigenvalue weighted by Gasteiger charge is -2.34. The molecule has 2 aliphatic heterocycles. The van der Waals surface area contributed by atoms with Crippen molar-refractivity contribution in [1.82, 2.24) is 10.2 Å². The Morgan fingerprint density at radius 3 is 2.65 bits per heavy atom. The molecule has 0 saturated carbocycles. The summed E-state index contributed by atoms with van der Waals surface area (Å²) >= 11 is 1.72. The van der Waals surface area contributed by atoms with Crippen LogP contribution in [0.3, 0.4) is 0 Å². The van der Waals surface area contributed by atoms with Crippen LogP contribution in [0.4, 0.5) is 0 Å². The zero-order chi connectivity index (χ0) is 18.1. The molecule has 0 spiro atoms. The molecule has 2 atom stereocenters. The summed E-state index contributed by atoms with van der Waals surface area (Å²) in [6.07, 6.45) is 1.27. The number of rotatable bonds is 4. The van der Waals surface area contributed by atoms with Gasteiger partial charge in [0.1, 0.15) is 10.9 Å². The fraction of sp³-hybridized carbons (Fsp3) is 0.333. The Kier molecular flexibility index (Phi) is 4.49. The second-order valence-corrected chi connectivity index (χ2v) is 8.24. The Balaban J connectivity index is 1.51. The maximum atomic E-state index is 12.8. The van der Waals surface area contributed by atoms with Crippen LogP contribution in [0.15, 0.2) is 54.6 Å². The number of carbonyl (C=O) groups excluding carboxylic acids is 2. The van der Waals surface area contributed by atoms with Gasteiger partial charge >= 0.3 is 0 Å². The Labute approximate surface area is 158 Å². The third-order valence-corrected chi connectivity index (χ3v) is 6.84. The molecule has 2 amide bonds. The van der Waals surface area contributed by atoms with Gasteiger partial charge in [-0.1, -0.05) is 60.2 Å². The molecule has 0 aromatic heterocycles. The molecule has 2 fully saturated rings. The van der Waals surface area contributed by atoms with E-state index in [4.69, 9.17) is 0 Å². The van der Waals surface area contributed by atoms with Crippen molar-refractivity contribution in [3.05, 3.63) is 71.3 Å². The molecule has 0 unspecified atom stereocenters. The monoisotopic (exact) mass is 366 g/mol. The SMILES string of the molecule is Cc1ccc(CNC(=O)[C@@H]2CS[C@@]3(c4ccccc4)CCC(=O)N23)cc1. The highest BCUT2D eigenvalue weighted by Crippen LogP contribution is 2.54. The van der Waals surface area contributed by atoms with Crippen LogP contribution < -0.4 is 5.32 Å². The summed E-state index contributed by atoms with van der Waals surface area (Å²) in [5.74, 6) is 0.654. The summed E-state index contributed by atoms with van der Waals surface area (Å²) in [5.41, 5.74) is 3.38. The average Bonchev–Trinajstić information content (AvgIpc) is 3.21. The first-order valence-electron chi connectivity index (χ1n) is 8.95. The molecule has 0 bridgehead atoms. The number of hydrogen-bond donors (Lipinski definition) is 1. The van der Waals surface area contributed by atoms with E-state index in [0.717, 1.165) is 17.5 Å². The molecule has 2 aromatic carbocycles. The van der Waals surface area contributed by atoms with Gasteiger partial charge in [0.2, 0.25) is 11.8 Å². The normalized spacial score (nSPS) is 24.6. The van der Waals surface area contributed by atoms with Crippen molar-refractivity contribution in [3.8, 4) is 0 Å². The number of fused-ring (bicyclic) bond motifs is 1. The van der Waals surface area contributed by atoms with Crippen LogP contribution in [0.5, 0.6) is 0 Å². The van der Waals surface area contributed by atoms with Crippen LogP contribution in [0.1, 0.15) is 29.5 Å². The lowest BCUT2D eigenvalue weighted by molar-refractivity contribution is -0.138. The van der Waals surface area contributed by atoms with Gasteiger partial charge in [0.05, 0.1) is 0 Å². The zero-order valence-electron chi connectivity index (χ0n) is 14.8. The number of nitrogens with zero attached hydrogens (tertiary/aromatic N) is 1. The van der Waals surface area contributed by atoms with Crippen LogP contribution in [-0.2, 0) is 21.0 Å². The summed E-state index contributed by atoms with van der Waals surface area (Å²) in [5, 5.41) is 3.02. The standard InChI is InChI=1S/C21H22N2O2S/c1-15-7-9-16(10-8-15)13-22-20(25)18-14-26-21(12-11-19(24)23(18)21)17-5-3-2-4-6-17/h2-10,18H,11-14H2,1H3,(H,22,25)/t18-,21+/m0/s1. The number of thioether (sulfide) groups is 1. The first kappa shape index (κ1) is 17.2. The van der Waals surface area contributed by atoms with Crippen molar-refractivity contribution in [1.29, 1.82) is 0 Å². The predicted octanol–water partition coefficient (Wildman–Crippen LogP) is 3.20. The summed E-state index contributed by atoms with van der Waals surface area (Å²) < 4.78 is 0. The molecular weight excluding hydrogens is 344 g/mol. The summed E-state index contributed by atoms with van der Waals surface area (Å²) in [6.45, 7) is 2.53. The van der Waals surface area contributed by atoms with Gasteiger partial charge < -0.3 is 10.2 Å². The van der Waals surface area contributed by atoms with E-state index in [9.17, 15) is 9.59 Å². The topological polar surface area (TPSA) is 49.4 Å². The summed E-state index contributed by atoms with van der Waals surface area (Å²) in [7, 11) is 0. The highest BCUT2D eigenvalue weighted by atomic mass is 32.2. The molecule has 134 valence electrons.